The Bertz CT molecular complexity index is 1090. The smallest absolute Gasteiger partial charge is 0.257 e. The van der Waals surface area contributed by atoms with E-state index < -0.39 is 11.2 Å². The van der Waals surface area contributed by atoms with Gasteiger partial charge in [0.2, 0.25) is 0 Å². The monoisotopic (exact) mass is 426 g/mol. The molecule has 1 amide bonds. The number of unbranched alkanes of at least 4 members (excludes halogenated alkanes) is 1. The van der Waals surface area contributed by atoms with Gasteiger partial charge in [-0.15, -0.1) is 0 Å². The first-order valence-electron chi connectivity index (χ1n) is 10.5. The van der Waals surface area contributed by atoms with Crippen LogP contribution in [-0.4, -0.2) is 30.6 Å². The van der Waals surface area contributed by atoms with Gasteiger partial charge >= 0.3 is 0 Å². The average molecular weight is 426 g/mol. The molecule has 0 saturated heterocycles. The minimum atomic E-state index is -0.601. The van der Waals surface area contributed by atoms with Crippen LogP contribution in [0.1, 0.15) is 33.1 Å². The maximum absolute atomic E-state index is 14.5. The highest BCUT2D eigenvalue weighted by atomic mass is 19.1. The van der Waals surface area contributed by atoms with Crippen LogP contribution in [0, 0.1) is 5.82 Å². The molecule has 6 nitrogen and oxygen atoms in total. The first-order valence-corrected chi connectivity index (χ1v) is 10.5. The fourth-order valence-electron chi connectivity index (χ4n) is 3.15. The van der Waals surface area contributed by atoms with Crippen LogP contribution in [0.15, 0.2) is 47.4 Å². The summed E-state index contributed by atoms with van der Waals surface area (Å²) in [6.45, 7) is 5.05. The zero-order valence-corrected chi connectivity index (χ0v) is 17.8. The first kappa shape index (κ1) is 22.3. The van der Waals surface area contributed by atoms with E-state index in [1.54, 1.807) is 30.5 Å². The van der Waals surface area contributed by atoms with Gasteiger partial charge < -0.3 is 19.8 Å². The Morgan fingerprint density at radius 1 is 1.06 bits per heavy atom. The lowest BCUT2D eigenvalue weighted by molar-refractivity contribution is -0.123. The number of nitrogens with one attached hydrogen (secondary N) is 2. The summed E-state index contributed by atoms with van der Waals surface area (Å²) in [4.78, 5) is 27.8. The van der Waals surface area contributed by atoms with Crippen molar-refractivity contribution in [1.29, 1.82) is 0 Å². The Morgan fingerprint density at radius 2 is 1.84 bits per heavy atom. The molecule has 0 saturated carbocycles. The van der Waals surface area contributed by atoms with Crippen LogP contribution < -0.4 is 20.2 Å². The topological polar surface area (TPSA) is 80.4 Å². The van der Waals surface area contributed by atoms with Gasteiger partial charge in [-0.3, -0.25) is 9.59 Å². The van der Waals surface area contributed by atoms with E-state index in [2.05, 4.69) is 17.2 Å². The van der Waals surface area contributed by atoms with E-state index in [0.717, 1.165) is 19.3 Å². The van der Waals surface area contributed by atoms with Crippen molar-refractivity contribution in [3.63, 3.8) is 0 Å². The number of hydrogen-bond acceptors (Lipinski definition) is 4. The Morgan fingerprint density at radius 3 is 2.55 bits per heavy atom. The van der Waals surface area contributed by atoms with Crippen molar-refractivity contribution < 1.29 is 18.7 Å². The van der Waals surface area contributed by atoms with Gasteiger partial charge in [0.25, 0.3) is 5.91 Å². The van der Waals surface area contributed by atoms with Crippen molar-refractivity contribution in [3.05, 3.63) is 58.6 Å². The molecule has 0 atom stereocenters. The van der Waals surface area contributed by atoms with Gasteiger partial charge in [0.05, 0.1) is 17.5 Å². The number of carbonyl (C=O) groups excluding carboxylic acids is 1. The van der Waals surface area contributed by atoms with Crippen LogP contribution in [0.25, 0.3) is 22.0 Å². The second kappa shape index (κ2) is 10.6. The number of aromatic nitrogens is 1. The predicted molar refractivity (Wildman–Crippen MR) is 119 cm³/mol. The largest absolute Gasteiger partial charge is 0.491 e. The van der Waals surface area contributed by atoms with Crippen molar-refractivity contribution in [2.45, 2.75) is 33.1 Å². The van der Waals surface area contributed by atoms with Crippen LogP contribution in [0.2, 0.25) is 0 Å². The highest BCUT2D eigenvalue weighted by molar-refractivity contribution is 5.88. The number of hydrogen-bond donors (Lipinski definition) is 2. The third kappa shape index (κ3) is 5.42. The first-order chi connectivity index (χ1) is 15.0. The Kier molecular flexibility index (Phi) is 7.65. The molecule has 7 heteroatoms. The molecule has 1 heterocycles. The quantitative estimate of drug-likeness (QED) is 0.471. The Balaban J connectivity index is 1.79. The summed E-state index contributed by atoms with van der Waals surface area (Å²) in [5.41, 5.74) is 0.874. The molecule has 0 bridgehead atoms. The molecule has 0 fully saturated rings. The maximum Gasteiger partial charge on any atom is 0.257 e. The molecule has 0 aliphatic carbocycles. The molecule has 0 radical (unpaired) electrons. The summed E-state index contributed by atoms with van der Waals surface area (Å²) >= 11 is 0. The molecule has 31 heavy (non-hydrogen) atoms. The minimum Gasteiger partial charge on any atom is -0.491 e. The molecule has 2 N–H and O–H groups in total. The molecule has 0 spiro atoms. The van der Waals surface area contributed by atoms with Gasteiger partial charge in [0.15, 0.2) is 12.0 Å². The summed E-state index contributed by atoms with van der Waals surface area (Å²) in [7, 11) is 0. The van der Waals surface area contributed by atoms with Crippen molar-refractivity contribution in [2.24, 2.45) is 0 Å². The molecular formula is C24H27FN2O4. The number of ether oxygens (including phenoxy) is 2. The van der Waals surface area contributed by atoms with Crippen molar-refractivity contribution in [3.8, 4) is 22.6 Å². The summed E-state index contributed by atoms with van der Waals surface area (Å²) in [5.74, 6) is 0.173. The second-order valence-corrected chi connectivity index (χ2v) is 7.19. The minimum absolute atomic E-state index is 0.0322. The number of halogens is 1. The normalized spacial score (nSPS) is 10.8. The van der Waals surface area contributed by atoms with E-state index in [0.29, 0.717) is 41.3 Å². The van der Waals surface area contributed by atoms with Gasteiger partial charge in [0.1, 0.15) is 17.3 Å². The van der Waals surface area contributed by atoms with Crippen LogP contribution in [-0.2, 0) is 4.79 Å². The molecular weight excluding hydrogens is 399 g/mol. The zero-order valence-electron chi connectivity index (χ0n) is 17.8. The SMILES string of the molecule is CCCCNC(=O)COc1ccc(-c2c[nH]c3c(OCCC)ccc(F)c3c2=O)cc1. The molecule has 0 unspecified atom stereocenters. The van der Waals surface area contributed by atoms with Crippen molar-refractivity contribution >= 4 is 16.8 Å². The van der Waals surface area contributed by atoms with Gasteiger partial charge in [-0.2, -0.15) is 0 Å². The molecule has 3 aromatic rings. The number of H-pyrrole nitrogens is 1. The third-order valence-corrected chi connectivity index (χ3v) is 4.80. The number of pyridine rings is 1. The number of fused-ring (bicyclic) bond motifs is 1. The highest BCUT2D eigenvalue weighted by Crippen LogP contribution is 2.27. The maximum atomic E-state index is 14.5. The molecule has 3 rings (SSSR count). The van der Waals surface area contributed by atoms with E-state index in [1.807, 2.05) is 6.92 Å². The number of carbonyl (C=O) groups is 1. The summed E-state index contributed by atoms with van der Waals surface area (Å²) in [6, 6.07) is 9.53. The molecule has 164 valence electrons. The number of benzene rings is 2. The molecule has 0 aliphatic rings. The predicted octanol–water partition coefficient (Wildman–Crippen LogP) is 4.42. The lowest BCUT2D eigenvalue weighted by Crippen LogP contribution is -2.29. The van der Waals surface area contributed by atoms with Crippen LogP contribution in [0.4, 0.5) is 4.39 Å². The summed E-state index contributed by atoms with van der Waals surface area (Å²) in [6.07, 6.45) is 4.29. The van der Waals surface area contributed by atoms with Gasteiger partial charge in [-0.25, -0.2) is 4.39 Å². The standard InChI is InChI=1S/C24H27FN2O4/c1-3-5-12-26-21(28)15-31-17-8-6-16(7-9-17)18-14-27-23-20(30-13-4-2)11-10-19(25)22(23)24(18)29/h6-11,14H,3-5,12-13,15H2,1-2H3,(H,26,28)(H,27,29). The number of amides is 1. The molecule has 0 aliphatic heterocycles. The van der Waals surface area contributed by atoms with E-state index in [4.69, 9.17) is 9.47 Å². The van der Waals surface area contributed by atoms with E-state index >= 15 is 0 Å². The Labute approximate surface area is 180 Å². The average Bonchev–Trinajstić information content (AvgIpc) is 2.78. The summed E-state index contributed by atoms with van der Waals surface area (Å²) < 4.78 is 25.6. The second-order valence-electron chi connectivity index (χ2n) is 7.19. The number of aromatic amines is 1. The van der Waals surface area contributed by atoms with Gasteiger partial charge in [-0.05, 0) is 42.7 Å². The van der Waals surface area contributed by atoms with E-state index in [1.165, 1.54) is 12.1 Å². The lowest BCUT2D eigenvalue weighted by Gasteiger charge is -2.11. The fraction of sp³-hybridized carbons (Fsp3) is 0.333. The zero-order chi connectivity index (χ0) is 22.2. The van der Waals surface area contributed by atoms with E-state index in [9.17, 15) is 14.0 Å². The highest BCUT2D eigenvalue weighted by Gasteiger charge is 2.15. The number of rotatable bonds is 10. The summed E-state index contributed by atoms with van der Waals surface area (Å²) in [5, 5.41) is 2.75. The third-order valence-electron chi connectivity index (χ3n) is 4.80. The Hall–Kier alpha value is -3.35. The van der Waals surface area contributed by atoms with Crippen LogP contribution >= 0.6 is 0 Å². The van der Waals surface area contributed by atoms with Crippen LogP contribution in [0.5, 0.6) is 11.5 Å². The van der Waals surface area contributed by atoms with Crippen LogP contribution in [0.3, 0.4) is 0 Å². The molecule has 2 aromatic carbocycles. The van der Waals surface area contributed by atoms with Crippen molar-refractivity contribution in [1.82, 2.24) is 10.3 Å². The van der Waals surface area contributed by atoms with Gasteiger partial charge in [-0.1, -0.05) is 32.4 Å². The fourth-order valence-corrected chi connectivity index (χ4v) is 3.15. The van der Waals surface area contributed by atoms with Crippen molar-refractivity contribution in [2.75, 3.05) is 19.8 Å². The van der Waals surface area contributed by atoms with Gasteiger partial charge in [0, 0.05) is 18.3 Å². The lowest BCUT2D eigenvalue weighted by atomic mass is 10.0. The molecule has 1 aromatic heterocycles. The van der Waals surface area contributed by atoms with E-state index in [-0.39, 0.29) is 17.9 Å².